The van der Waals surface area contributed by atoms with Crippen molar-refractivity contribution in [3.63, 3.8) is 0 Å². The summed E-state index contributed by atoms with van der Waals surface area (Å²) in [6.45, 7) is 15.7. The van der Waals surface area contributed by atoms with Crippen LogP contribution >= 0.6 is 0 Å². The summed E-state index contributed by atoms with van der Waals surface area (Å²) in [7, 11) is 0. The Morgan fingerprint density at radius 3 is 2.62 bits per heavy atom. The van der Waals surface area contributed by atoms with Gasteiger partial charge in [-0.2, -0.15) is 0 Å². The van der Waals surface area contributed by atoms with Gasteiger partial charge in [0.2, 0.25) is 5.90 Å². The average Bonchev–Trinajstić information content (AvgIpc) is 3.69. The summed E-state index contributed by atoms with van der Waals surface area (Å²) >= 11 is 0. The fraction of sp³-hybridized carbons (Fsp3) is 0.293. The number of hydrogen-bond acceptors (Lipinski definition) is 5. The molecule has 0 spiro atoms. The molecule has 0 radical (unpaired) electrons. The molecular weight excluding hydrogens is 580 g/mol. The van der Waals surface area contributed by atoms with E-state index in [1.165, 1.54) is 49.7 Å². The van der Waals surface area contributed by atoms with Crippen molar-refractivity contribution in [2.24, 2.45) is 4.99 Å². The molecule has 0 amide bonds. The molecule has 1 aliphatic carbocycles. The van der Waals surface area contributed by atoms with Gasteiger partial charge in [0.25, 0.3) is 0 Å². The molecule has 5 heterocycles. The molecule has 2 aliphatic heterocycles. The maximum Gasteiger partial charge on any atom is 0.218 e. The zero-order valence-electron chi connectivity index (χ0n) is 28.0. The molecule has 234 valence electrons. The third-order valence-corrected chi connectivity index (χ3v) is 10.5. The molecule has 6 nitrogen and oxygen atoms in total. The largest absolute Gasteiger partial charge is 0.471 e. The lowest BCUT2D eigenvalue weighted by molar-refractivity contribution is 0.206. The van der Waals surface area contributed by atoms with Crippen LogP contribution in [0.5, 0.6) is 11.5 Å². The predicted octanol–water partition coefficient (Wildman–Crippen LogP) is 9.36. The Morgan fingerprint density at radius 2 is 1.79 bits per heavy atom. The van der Waals surface area contributed by atoms with Crippen LogP contribution in [0.15, 0.2) is 84.2 Å². The van der Waals surface area contributed by atoms with Gasteiger partial charge in [-0.3, -0.25) is 9.55 Å². The van der Waals surface area contributed by atoms with Crippen molar-refractivity contribution >= 4 is 27.7 Å². The smallest absolute Gasteiger partial charge is 0.218 e. The molecular formula is C41H38N4O2. The molecule has 0 bridgehead atoms. The topological polar surface area (TPSA) is 61.5 Å². The molecule has 3 aliphatic rings. The fourth-order valence-electron chi connectivity index (χ4n) is 7.92. The summed E-state index contributed by atoms with van der Waals surface area (Å²) < 4.78 is 15.4. The standard InChI is InChI=1S/C41H38N4O2/c1-22-13-30-29-15-23(2)34(19-33(29)45-37(30)32(14-22)41(6,7)31-9-8-12-43-38(31)45)46-27-17-25(20-42-21-27)39-44-36-28-11-10-26(40(3,4)5)16-24(28)18-35(36)47-39/h8-17,19-21,35-36H,18H2,1-7H3/t35-,36+/m0/s1. The highest BCUT2D eigenvalue weighted by Gasteiger charge is 2.40. The summed E-state index contributed by atoms with van der Waals surface area (Å²) in [6.07, 6.45) is 6.33. The number of nitrogens with zero attached hydrogens (tertiary/aromatic N) is 4. The maximum absolute atomic E-state index is 6.60. The van der Waals surface area contributed by atoms with Gasteiger partial charge in [0.15, 0.2) is 0 Å². The Kier molecular flexibility index (Phi) is 5.74. The number of ether oxygens (including phenoxy) is 2. The minimum absolute atomic E-state index is 0.0127. The Bertz CT molecular complexity index is 2340. The molecule has 3 aromatic heterocycles. The van der Waals surface area contributed by atoms with E-state index in [9.17, 15) is 0 Å². The Hall–Kier alpha value is -4.97. The van der Waals surface area contributed by atoms with Crippen LogP contribution in [0.1, 0.15) is 85.2 Å². The lowest BCUT2D eigenvalue weighted by Crippen LogP contribution is -2.27. The number of fused-ring (bicyclic) bond motifs is 8. The van der Waals surface area contributed by atoms with Crippen LogP contribution in [0, 0.1) is 13.8 Å². The Labute approximate surface area is 275 Å². The van der Waals surface area contributed by atoms with Gasteiger partial charge in [-0.05, 0) is 71.3 Å². The molecule has 3 aromatic carbocycles. The second-order valence-corrected chi connectivity index (χ2v) is 15.1. The average molecular weight is 619 g/mol. The maximum atomic E-state index is 6.60. The minimum atomic E-state index is -0.167. The van der Waals surface area contributed by atoms with Crippen molar-refractivity contribution < 1.29 is 9.47 Å². The van der Waals surface area contributed by atoms with Crippen molar-refractivity contribution in [1.29, 1.82) is 0 Å². The second kappa shape index (κ2) is 9.54. The summed E-state index contributed by atoms with van der Waals surface area (Å²) in [6, 6.07) is 22.1. The van der Waals surface area contributed by atoms with E-state index in [2.05, 4.69) is 107 Å². The lowest BCUT2D eigenvalue weighted by Gasteiger charge is -2.34. The first-order chi connectivity index (χ1) is 22.5. The number of aliphatic imine (C=N–C) groups is 1. The molecule has 6 heteroatoms. The van der Waals surface area contributed by atoms with E-state index in [4.69, 9.17) is 19.5 Å². The third-order valence-electron chi connectivity index (χ3n) is 10.5. The van der Waals surface area contributed by atoms with Crippen LogP contribution in [-0.2, 0) is 22.0 Å². The van der Waals surface area contributed by atoms with Crippen molar-refractivity contribution in [2.45, 2.75) is 77.9 Å². The normalized spacial score (nSPS) is 18.9. The molecule has 6 aromatic rings. The molecule has 0 unspecified atom stereocenters. The Balaban J connectivity index is 1.09. The fourth-order valence-corrected chi connectivity index (χ4v) is 7.92. The van der Waals surface area contributed by atoms with Gasteiger partial charge in [-0.1, -0.05) is 70.5 Å². The minimum Gasteiger partial charge on any atom is -0.471 e. The predicted molar refractivity (Wildman–Crippen MR) is 187 cm³/mol. The molecule has 0 fully saturated rings. The monoisotopic (exact) mass is 618 g/mol. The highest BCUT2D eigenvalue weighted by atomic mass is 16.5. The summed E-state index contributed by atoms with van der Waals surface area (Å²) in [5, 5.41) is 2.45. The summed E-state index contributed by atoms with van der Waals surface area (Å²) in [4.78, 5) is 14.5. The van der Waals surface area contributed by atoms with Crippen LogP contribution in [0.4, 0.5) is 0 Å². The van der Waals surface area contributed by atoms with Crippen LogP contribution < -0.4 is 4.74 Å². The highest BCUT2D eigenvalue weighted by molar-refractivity contribution is 6.12. The lowest BCUT2D eigenvalue weighted by atomic mass is 9.75. The quantitative estimate of drug-likeness (QED) is 0.198. The SMILES string of the molecule is Cc1cc2c3c(c1)c1cc(C)c(Oc4cncc(C5=N[C@@H]6c7ccc(C(C)(C)C)cc7C[C@@H]6O5)c4)cc1n3-c1ncccc1C2(C)C. The second-order valence-electron chi connectivity index (χ2n) is 15.1. The van der Waals surface area contributed by atoms with E-state index in [0.717, 1.165) is 34.6 Å². The number of benzene rings is 3. The van der Waals surface area contributed by atoms with Gasteiger partial charge in [-0.25, -0.2) is 9.98 Å². The molecule has 0 saturated heterocycles. The van der Waals surface area contributed by atoms with Gasteiger partial charge in [0.05, 0.1) is 22.8 Å². The first kappa shape index (κ1) is 28.3. The van der Waals surface area contributed by atoms with E-state index in [-0.39, 0.29) is 23.0 Å². The van der Waals surface area contributed by atoms with Crippen LogP contribution in [0.2, 0.25) is 0 Å². The highest BCUT2D eigenvalue weighted by Crippen LogP contribution is 2.48. The van der Waals surface area contributed by atoms with Crippen molar-refractivity contribution in [3.05, 3.63) is 124 Å². The van der Waals surface area contributed by atoms with Gasteiger partial charge < -0.3 is 9.47 Å². The van der Waals surface area contributed by atoms with Gasteiger partial charge >= 0.3 is 0 Å². The van der Waals surface area contributed by atoms with Crippen LogP contribution in [0.3, 0.4) is 0 Å². The summed E-state index contributed by atoms with van der Waals surface area (Å²) in [5.74, 6) is 3.04. The van der Waals surface area contributed by atoms with Crippen LogP contribution in [0.25, 0.3) is 27.6 Å². The summed E-state index contributed by atoms with van der Waals surface area (Å²) in [5.41, 5.74) is 11.9. The molecule has 0 N–H and O–H groups in total. The molecule has 2 atom stereocenters. The van der Waals surface area contributed by atoms with Gasteiger partial charge in [0.1, 0.15) is 29.5 Å². The van der Waals surface area contributed by atoms with Crippen LogP contribution in [-0.4, -0.2) is 26.5 Å². The Morgan fingerprint density at radius 1 is 0.936 bits per heavy atom. The van der Waals surface area contributed by atoms with Crippen molar-refractivity contribution in [1.82, 2.24) is 14.5 Å². The zero-order valence-corrected chi connectivity index (χ0v) is 28.0. The number of aryl methyl sites for hydroxylation is 2. The van der Waals surface area contributed by atoms with Gasteiger partial charge in [0, 0.05) is 46.6 Å². The molecule has 9 rings (SSSR count). The van der Waals surface area contributed by atoms with E-state index >= 15 is 0 Å². The van der Waals surface area contributed by atoms with E-state index < -0.39 is 0 Å². The third kappa shape index (κ3) is 4.13. The van der Waals surface area contributed by atoms with E-state index in [1.807, 2.05) is 24.5 Å². The molecule has 47 heavy (non-hydrogen) atoms. The number of rotatable bonds is 3. The first-order valence-electron chi connectivity index (χ1n) is 16.5. The zero-order chi connectivity index (χ0) is 32.4. The number of hydrogen-bond donors (Lipinski definition) is 0. The molecule has 0 saturated carbocycles. The number of pyridine rings is 2. The number of aromatic nitrogens is 3. The van der Waals surface area contributed by atoms with Gasteiger partial charge in [-0.15, -0.1) is 0 Å². The van der Waals surface area contributed by atoms with Crippen molar-refractivity contribution in [3.8, 4) is 17.3 Å². The van der Waals surface area contributed by atoms with Crippen molar-refractivity contribution in [2.75, 3.05) is 0 Å². The van der Waals surface area contributed by atoms with E-state index in [0.29, 0.717) is 11.6 Å². The van der Waals surface area contributed by atoms with E-state index in [1.54, 1.807) is 6.20 Å². The first-order valence-corrected chi connectivity index (χ1v) is 16.5.